The summed E-state index contributed by atoms with van der Waals surface area (Å²) >= 11 is 0. The molecule has 0 unspecified atom stereocenters. The zero-order valence-electron chi connectivity index (χ0n) is 11.3. The molecule has 2 rings (SSSR count). The third-order valence-electron chi connectivity index (χ3n) is 2.82. The van der Waals surface area contributed by atoms with Crippen LogP contribution in [0.2, 0.25) is 0 Å². The first-order chi connectivity index (χ1) is 9.60. The Labute approximate surface area is 116 Å². The Morgan fingerprint density at radius 3 is 2.90 bits per heavy atom. The Morgan fingerprint density at radius 2 is 2.30 bits per heavy atom. The van der Waals surface area contributed by atoms with Crippen LogP contribution in [-0.4, -0.2) is 39.7 Å². The van der Waals surface area contributed by atoms with Crippen LogP contribution < -0.4 is 10.1 Å². The SMILES string of the molecule is COc1ccc(NCCn2cc(C(=O)O)nn2)cc1C. The molecule has 1 aromatic heterocycles. The van der Waals surface area contributed by atoms with Crippen LogP contribution >= 0.6 is 0 Å². The van der Waals surface area contributed by atoms with E-state index in [0.717, 1.165) is 17.0 Å². The standard InChI is InChI=1S/C13H16N4O3/c1-9-7-10(3-4-12(9)20-2)14-5-6-17-8-11(13(18)19)15-16-17/h3-4,7-8,14H,5-6H2,1-2H3,(H,18,19). The molecule has 7 nitrogen and oxygen atoms in total. The normalized spacial score (nSPS) is 10.3. The number of carboxylic acids is 1. The van der Waals surface area contributed by atoms with Crippen molar-refractivity contribution < 1.29 is 14.6 Å². The van der Waals surface area contributed by atoms with Crippen molar-refractivity contribution in [3.05, 3.63) is 35.7 Å². The number of ether oxygens (including phenoxy) is 1. The van der Waals surface area contributed by atoms with Gasteiger partial charge in [0.15, 0.2) is 5.69 Å². The van der Waals surface area contributed by atoms with E-state index in [1.807, 2.05) is 25.1 Å². The summed E-state index contributed by atoms with van der Waals surface area (Å²) in [4.78, 5) is 10.7. The highest BCUT2D eigenvalue weighted by molar-refractivity contribution is 5.84. The molecule has 0 fully saturated rings. The number of carboxylic acid groups (broad SMARTS) is 1. The van der Waals surface area contributed by atoms with Gasteiger partial charge in [0.05, 0.1) is 19.9 Å². The van der Waals surface area contributed by atoms with E-state index < -0.39 is 5.97 Å². The number of hydrogen-bond acceptors (Lipinski definition) is 5. The fraction of sp³-hybridized carbons (Fsp3) is 0.308. The molecule has 0 aliphatic carbocycles. The third-order valence-corrected chi connectivity index (χ3v) is 2.82. The Kier molecular flexibility index (Phi) is 4.19. The molecule has 20 heavy (non-hydrogen) atoms. The summed E-state index contributed by atoms with van der Waals surface area (Å²) in [5.74, 6) is -0.229. The van der Waals surface area contributed by atoms with E-state index in [2.05, 4.69) is 15.6 Å². The van der Waals surface area contributed by atoms with Gasteiger partial charge < -0.3 is 15.2 Å². The molecule has 2 N–H and O–H groups in total. The van der Waals surface area contributed by atoms with Crippen molar-refractivity contribution in [2.75, 3.05) is 19.0 Å². The summed E-state index contributed by atoms with van der Waals surface area (Å²) < 4.78 is 6.69. The second kappa shape index (κ2) is 6.05. The summed E-state index contributed by atoms with van der Waals surface area (Å²) in [6.45, 7) is 3.13. The molecule has 0 radical (unpaired) electrons. The van der Waals surface area contributed by atoms with Gasteiger partial charge in [-0.15, -0.1) is 5.10 Å². The lowest BCUT2D eigenvalue weighted by atomic mass is 10.2. The Balaban J connectivity index is 1.89. The first-order valence-electron chi connectivity index (χ1n) is 6.12. The number of hydrogen-bond donors (Lipinski definition) is 2. The van der Waals surface area contributed by atoms with E-state index in [0.29, 0.717) is 13.1 Å². The Bertz CT molecular complexity index is 609. The first-order valence-corrected chi connectivity index (χ1v) is 6.12. The third kappa shape index (κ3) is 3.25. The molecule has 1 aromatic carbocycles. The maximum atomic E-state index is 10.7. The summed E-state index contributed by atoms with van der Waals surface area (Å²) in [7, 11) is 1.64. The van der Waals surface area contributed by atoms with Crippen molar-refractivity contribution in [3.8, 4) is 5.75 Å². The van der Waals surface area contributed by atoms with Crippen molar-refractivity contribution >= 4 is 11.7 Å². The molecule has 2 aromatic rings. The molecule has 0 atom stereocenters. The minimum absolute atomic E-state index is 0.0507. The first kappa shape index (κ1) is 13.9. The predicted octanol–water partition coefficient (Wildman–Crippen LogP) is 1.41. The number of nitrogens with one attached hydrogen (secondary N) is 1. The fourth-order valence-electron chi connectivity index (χ4n) is 1.81. The molecule has 0 saturated carbocycles. The highest BCUT2D eigenvalue weighted by atomic mass is 16.5. The van der Waals surface area contributed by atoms with Gasteiger partial charge in [0, 0.05) is 12.2 Å². The molecule has 0 bridgehead atoms. The average Bonchev–Trinajstić information content (AvgIpc) is 2.88. The molecule has 7 heteroatoms. The lowest BCUT2D eigenvalue weighted by Gasteiger charge is -2.09. The van der Waals surface area contributed by atoms with E-state index >= 15 is 0 Å². The van der Waals surface area contributed by atoms with Crippen LogP contribution in [0, 0.1) is 6.92 Å². The molecule has 0 spiro atoms. The van der Waals surface area contributed by atoms with Gasteiger partial charge in [0.1, 0.15) is 5.75 Å². The van der Waals surface area contributed by atoms with E-state index in [1.54, 1.807) is 7.11 Å². The largest absolute Gasteiger partial charge is 0.496 e. The minimum Gasteiger partial charge on any atom is -0.496 e. The summed E-state index contributed by atoms with van der Waals surface area (Å²) in [5.41, 5.74) is 1.97. The van der Waals surface area contributed by atoms with Crippen LogP contribution in [0.1, 0.15) is 16.1 Å². The van der Waals surface area contributed by atoms with Gasteiger partial charge in [-0.05, 0) is 30.7 Å². The van der Waals surface area contributed by atoms with Crippen LogP contribution in [0.4, 0.5) is 5.69 Å². The number of nitrogens with zero attached hydrogens (tertiary/aromatic N) is 3. The predicted molar refractivity (Wildman–Crippen MR) is 73.2 cm³/mol. The van der Waals surface area contributed by atoms with Crippen LogP contribution in [-0.2, 0) is 6.54 Å². The number of aromatic nitrogens is 3. The van der Waals surface area contributed by atoms with Gasteiger partial charge >= 0.3 is 5.97 Å². The highest BCUT2D eigenvalue weighted by Gasteiger charge is 2.07. The second-order valence-electron chi connectivity index (χ2n) is 4.28. The maximum Gasteiger partial charge on any atom is 0.358 e. The number of aryl methyl sites for hydroxylation is 1. The zero-order chi connectivity index (χ0) is 14.5. The molecule has 106 valence electrons. The molecule has 0 aliphatic rings. The number of aromatic carboxylic acids is 1. The van der Waals surface area contributed by atoms with Gasteiger partial charge in [-0.1, -0.05) is 5.21 Å². The number of rotatable bonds is 6. The van der Waals surface area contributed by atoms with Crippen molar-refractivity contribution in [2.45, 2.75) is 13.5 Å². The second-order valence-corrected chi connectivity index (χ2v) is 4.28. The van der Waals surface area contributed by atoms with Crippen molar-refractivity contribution in [1.82, 2.24) is 15.0 Å². The van der Waals surface area contributed by atoms with E-state index in [-0.39, 0.29) is 5.69 Å². The smallest absolute Gasteiger partial charge is 0.358 e. The van der Waals surface area contributed by atoms with Gasteiger partial charge in [0.2, 0.25) is 0 Å². The molecular formula is C13H16N4O3. The Hall–Kier alpha value is -2.57. The summed E-state index contributed by atoms with van der Waals surface area (Å²) in [6.07, 6.45) is 1.41. The molecule has 0 saturated heterocycles. The van der Waals surface area contributed by atoms with Crippen LogP contribution in [0.15, 0.2) is 24.4 Å². The van der Waals surface area contributed by atoms with Gasteiger partial charge in [0.25, 0.3) is 0 Å². The quantitative estimate of drug-likeness (QED) is 0.829. The minimum atomic E-state index is -1.07. The number of carbonyl (C=O) groups is 1. The monoisotopic (exact) mass is 276 g/mol. The van der Waals surface area contributed by atoms with Crippen molar-refractivity contribution in [1.29, 1.82) is 0 Å². The molecule has 0 amide bonds. The number of methoxy groups -OCH3 is 1. The van der Waals surface area contributed by atoms with Crippen molar-refractivity contribution in [2.24, 2.45) is 0 Å². The van der Waals surface area contributed by atoms with E-state index in [1.165, 1.54) is 10.9 Å². The topological polar surface area (TPSA) is 89.3 Å². The van der Waals surface area contributed by atoms with E-state index in [9.17, 15) is 4.79 Å². The fourth-order valence-corrected chi connectivity index (χ4v) is 1.81. The van der Waals surface area contributed by atoms with Crippen LogP contribution in [0.5, 0.6) is 5.75 Å². The average molecular weight is 276 g/mol. The molecular weight excluding hydrogens is 260 g/mol. The maximum absolute atomic E-state index is 10.7. The van der Waals surface area contributed by atoms with Crippen LogP contribution in [0.3, 0.4) is 0 Å². The highest BCUT2D eigenvalue weighted by Crippen LogP contribution is 2.21. The number of anilines is 1. The van der Waals surface area contributed by atoms with Gasteiger partial charge in [-0.2, -0.15) is 0 Å². The lowest BCUT2D eigenvalue weighted by molar-refractivity contribution is 0.0690. The van der Waals surface area contributed by atoms with Crippen LogP contribution in [0.25, 0.3) is 0 Å². The lowest BCUT2D eigenvalue weighted by Crippen LogP contribution is -2.11. The Morgan fingerprint density at radius 1 is 1.50 bits per heavy atom. The molecule has 1 heterocycles. The zero-order valence-corrected chi connectivity index (χ0v) is 11.3. The summed E-state index contributed by atoms with van der Waals surface area (Å²) in [5, 5.41) is 19.3. The van der Waals surface area contributed by atoms with Crippen molar-refractivity contribution in [3.63, 3.8) is 0 Å². The number of benzene rings is 1. The van der Waals surface area contributed by atoms with Gasteiger partial charge in [-0.25, -0.2) is 9.48 Å². The van der Waals surface area contributed by atoms with Gasteiger partial charge in [-0.3, -0.25) is 0 Å². The molecule has 0 aliphatic heterocycles. The van der Waals surface area contributed by atoms with E-state index in [4.69, 9.17) is 9.84 Å². The summed E-state index contributed by atoms with van der Waals surface area (Å²) in [6, 6.07) is 5.81.